The average Bonchev–Trinajstić information content (AvgIpc) is 2.31. The van der Waals surface area contributed by atoms with Crippen molar-refractivity contribution in [3.8, 4) is 0 Å². The number of carbonyl (C=O) groups is 2. The van der Waals surface area contributed by atoms with Crippen LogP contribution in [0.5, 0.6) is 0 Å². The number of amides is 1. The first kappa shape index (κ1) is 17.3. The lowest BCUT2D eigenvalue weighted by Gasteiger charge is -2.30. The van der Waals surface area contributed by atoms with Crippen LogP contribution < -0.4 is 5.32 Å². The predicted octanol–water partition coefficient (Wildman–Crippen LogP) is 2.53. The van der Waals surface area contributed by atoms with Gasteiger partial charge in [0.1, 0.15) is 0 Å². The number of nitrogens with one attached hydrogen (secondary N) is 1. The van der Waals surface area contributed by atoms with Crippen molar-refractivity contribution in [1.82, 2.24) is 5.32 Å². The van der Waals surface area contributed by atoms with Crippen molar-refractivity contribution in [3.05, 3.63) is 0 Å². The number of carboxylic acids is 1. The summed E-state index contributed by atoms with van der Waals surface area (Å²) in [5.74, 6) is -1.14. The fourth-order valence-electron chi connectivity index (χ4n) is 1.66. The second-order valence-corrected chi connectivity index (χ2v) is 6.51. The van der Waals surface area contributed by atoms with Crippen LogP contribution in [0.1, 0.15) is 47.0 Å². The second-order valence-electron chi connectivity index (χ2n) is 5.24. The Kier molecular flexibility index (Phi) is 6.74. The predicted molar refractivity (Wildman–Crippen MR) is 75.9 cm³/mol. The van der Waals surface area contributed by atoms with Crippen molar-refractivity contribution in [1.29, 1.82) is 0 Å². The van der Waals surface area contributed by atoms with Crippen LogP contribution in [0.25, 0.3) is 0 Å². The number of rotatable bonds is 8. The van der Waals surface area contributed by atoms with Gasteiger partial charge in [0.25, 0.3) is 0 Å². The summed E-state index contributed by atoms with van der Waals surface area (Å²) in [6, 6.07) is 0. The number of hydrogen-bond acceptors (Lipinski definition) is 3. The van der Waals surface area contributed by atoms with Crippen molar-refractivity contribution in [2.24, 2.45) is 5.41 Å². The molecule has 2 N–H and O–H groups in total. The Bertz CT molecular complexity index is 290. The van der Waals surface area contributed by atoms with E-state index in [4.69, 9.17) is 5.11 Å². The van der Waals surface area contributed by atoms with E-state index in [1.165, 1.54) is 0 Å². The minimum Gasteiger partial charge on any atom is -0.481 e. The smallest absolute Gasteiger partial charge is 0.309 e. The second kappa shape index (κ2) is 7.02. The largest absolute Gasteiger partial charge is 0.481 e. The Labute approximate surface area is 114 Å². The maximum atomic E-state index is 11.8. The van der Waals surface area contributed by atoms with E-state index in [-0.39, 0.29) is 17.1 Å². The minimum absolute atomic E-state index is 0.0141. The molecule has 0 saturated heterocycles. The van der Waals surface area contributed by atoms with Gasteiger partial charge in [-0.25, -0.2) is 0 Å². The molecule has 0 heterocycles. The molecule has 0 aromatic carbocycles. The first-order valence-corrected chi connectivity index (χ1v) is 7.50. The van der Waals surface area contributed by atoms with E-state index in [0.717, 1.165) is 12.8 Å². The summed E-state index contributed by atoms with van der Waals surface area (Å²) in [6.07, 6.45) is 4.01. The zero-order valence-corrected chi connectivity index (χ0v) is 12.8. The van der Waals surface area contributed by atoms with Crippen molar-refractivity contribution in [3.63, 3.8) is 0 Å². The number of thioether (sulfide) groups is 1. The van der Waals surface area contributed by atoms with Gasteiger partial charge in [0, 0.05) is 17.7 Å². The molecule has 106 valence electrons. The van der Waals surface area contributed by atoms with Gasteiger partial charge in [-0.3, -0.25) is 9.59 Å². The average molecular weight is 275 g/mol. The highest BCUT2D eigenvalue weighted by Gasteiger charge is 2.31. The lowest BCUT2D eigenvalue weighted by molar-refractivity contribution is -0.149. The topological polar surface area (TPSA) is 66.4 Å². The third-order valence-corrected chi connectivity index (χ3v) is 5.10. The third-order valence-electron chi connectivity index (χ3n) is 3.51. The molecular weight excluding hydrogens is 250 g/mol. The van der Waals surface area contributed by atoms with Crippen molar-refractivity contribution in [2.45, 2.75) is 51.7 Å². The SMILES string of the molecule is CCC(CC)(CNC(=O)CC(C)(C)C(=O)O)SC. The zero-order chi connectivity index (χ0) is 14.4. The van der Waals surface area contributed by atoms with Gasteiger partial charge in [-0.2, -0.15) is 11.8 Å². The fraction of sp³-hybridized carbons (Fsp3) is 0.846. The lowest BCUT2D eigenvalue weighted by atomic mass is 9.89. The van der Waals surface area contributed by atoms with E-state index in [1.807, 2.05) is 6.26 Å². The molecule has 0 spiro atoms. The molecule has 0 aliphatic rings. The Hall–Kier alpha value is -0.710. The molecule has 0 saturated carbocycles. The molecule has 0 rings (SSSR count). The van der Waals surface area contributed by atoms with Gasteiger partial charge >= 0.3 is 5.97 Å². The number of carbonyl (C=O) groups excluding carboxylic acids is 1. The fourth-order valence-corrected chi connectivity index (χ4v) is 2.45. The standard InChI is InChI=1S/C13H25NO3S/c1-6-13(7-2,18-5)9-14-10(15)8-12(3,4)11(16)17/h6-9H2,1-5H3,(H,14,15)(H,16,17). The van der Waals surface area contributed by atoms with Crippen LogP contribution in [0, 0.1) is 5.41 Å². The first-order chi connectivity index (χ1) is 8.23. The van der Waals surface area contributed by atoms with Crippen LogP contribution in [0.2, 0.25) is 0 Å². The number of carboxylic acid groups (broad SMARTS) is 1. The summed E-state index contributed by atoms with van der Waals surface area (Å²) in [6.45, 7) is 7.93. The van der Waals surface area contributed by atoms with Gasteiger partial charge in [-0.15, -0.1) is 0 Å². The van der Waals surface area contributed by atoms with Crippen molar-refractivity contribution in [2.75, 3.05) is 12.8 Å². The van der Waals surface area contributed by atoms with E-state index in [2.05, 4.69) is 19.2 Å². The lowest BCUT2D eigenvalue weighted by Crippen LogP contribution is -2.41. The van der Waals surface area contributed by atoms with Crippen molar-refractivity contribution < 1.29 is 14.7 Å². The monoisotopic (exact) mass is 275 g/mol. The summed E-state index contributed by atoms with van der Waals surface area (Å²) in [5, 5.41) is 11.8. The van der Waals surface area contributed by atoms with E-state index in [1.54, 1.807) is 25.6 Å². The highest BCUT2D eigenvalue weighted by atomic mass is 32.2. The van der Waals surface area contributed by atoms with Crippen LogP contribution in [-0.4, -0.2) is 34.5 Å². The highest BCUT2D eigenvalue weighted by Crippen LogP contribution is 2.29. The minimum atomic E-state index is -1.01. The molecule has 0 atom stereocenters. The molecule has 0 bridgehead atoms. The Morgan fingerprint density at radius 2 is 1.72 bits per heavy atom. The van der Waals surface area contributed by atoms with Gasteiger partial charge in [-0.1, -0.05) is 13.8 Å². The van der Waals surface area contributed by atoms with Crippen LogP contribution in [-0.2, 0) is 9.59 Å². The zero-order valence-electron chi connectivity index (χ0n) is 12.0. The van der Waals surface area contributed by atoms with Crippen LogP contribution in [0.15, 0.2) is 0 Å². The van der Waals surface area contributed by atoms with Crippen molar-refractivity contribution >= 4 is 23.6 Å². The van der Waals surface area contributed by atoms with Gasteiger partial charge in [0.05, 0.1) is 5.41 Å². The third kappa shape index (κ3) is 4.88. The molecule has 0 unspecified atom stereocenters. The molecule has 1 amide bonds. The molecule has 0 aliphatic carbocycles. The molecule has 0 radical (unpaired) electrons. The van der Waals surface area contributed by atoms with Gasteiger partial charge in [0.2, 0.25) is 5.91 Å². The molecule has 0 aliphatic heterocycles. The molecular formula is C13H25NO3S. The summed E-state index contributed by atoms with van der Waals surface area (Å²) >= 11 is 1.75. The number of aliphatic carboxylic acids is 1. The van der Waals surface area contributed by atoms with E-state index < -0.39 is 11.4 Å². The van der Waals surface area contributed by atoms with Gasteiger partial charge in [-0.05, 0) is 32.9 Å². The Balaban J connectivity index is 4.39. The van der Waals surface area contributed by atoms with Gasteiger partial charge < -0.3 is 10.4 Å². The van der Waals surface area contributed by atoms with E-state index in [9.17, 15) is 9.59 Å². The summed E-state index contributed by atoms with van der Waals surface area (Å²) in [4.78, 5) is 22.7. The van der Waals surface area contributed by atoms with Crippen LogP contribution >= 0.6 is 11.8 Å². The first-order valence-electron chi connectivity index (χ1n) is 6.28. The Morgan fingerprint density at radius 3 is 2.06 bits per heavy atom. The molecule has 0 fully saturated rings. The summed E-state index contributed by atoms with van der Waals surface area (Å²) in [7, 11) is 0. The highest BCUT2D eigenvalue weighted by molar-refractivity contribution is 8.00. The quantitative estimate of drug-likeness (QED) is 0.714. The van der Waals surface area contributed by atoms with Crippen LogP contribution in [0.4, 0.5) is 0 Å². The molecule has 18 heavy (non-hydrogen) atoms. The Morgan fingerprint density at radius 1 is 1.22 bits per heavy atom. The molecule has 4 nitrogen and oxygen atoms in total. The normalized spacial score (nSPS) is 12.3. The van der Waals surface area contributed by atoms with E-state index in [0.29, 0.717) is 6.54 Å². The number of hydrogen-bond donors (Lipinski definition) is 2. The maximum Gasteiger partial charge on any atom is 0.309 e. The van der Waals surface area contributed by atoms with Gasteiger partial charge in [0.15, 0.2) is 0 Å². The maximum absolute atomic E-state index is 11.8. The molecule has 5 heteroatoms. The van der Waals surface area contributed by atoms with Crippen LogP contribution in [0.3, 0.4) is 0 Å². The molecule has 0 aromatic rings. The molecule has 0 aromatic heterocycles. The summed E-state index contributed by atoms with van der Waals surface area (Å²) < 4.78 is 0.0586. The summed E-state index contributed by atoms with van der Waals surface area (Å²) in [5.41, 5.74) is -1.01. The van der Waals surface area contributed by atoms with E-state index >= 15 is 0 Å².